The van der Waals surface area contributed by atoms with E-state index in [1.165, 1.54) is 95.6 Å². The fourth-order valence-electron chi connectivity index (χ4n) is 3.51. The summed E-state index contributed by atoms with van der Waals surface area (Å²) in [5.41, 5.74) is 1.89. The van der Waals surface area contributed by atoms with Gasteiger partial charge < -0.3 is 4.98 Å². The molecule has 0 atom stereocenters. The molecule has 0 bridgehead atoms. The van der Waals surface area contributed by atoms with E-state index in [-0.39, 0.29) is 0 Å². The van der Waals surface area contributed by atoms with Crippen LogP contribution in [0, 0.1) is 0 Å². The Hall–Kier alpha value is -1.57. The first-order valence-corrected chi connectivity index (χ1v) is 11.8. The third-order valence-corrected chi connectivity index (χ3v) is 5.29. The molecule has 0 aliphatic rings. The SMILES string of the molecule is CCCCCC=CCC=CCCCCCCCCCCCc1ccc(C=O)[nH]1. The summed E-state index contributed by atoms with van der Waals surface area (Å²) in [5.74, 6) is 0. The second-order valence-corrected chi connectivity index (χ2v) is 7.95. The van der Waals surface area contributed by atoms with Crippen molar-refractivity contribution in [1.29, 1.82) is 0 Å². The van der Waals surface area contributed by atoms with Gasteiger partial charge in [0.05, 0.1) is 5.69 Å². The van der Waals surface area contributed by atoms with Gasteiger partial charge in [0.25, 0.3) is 0 Å². The van der Waals surface area contributed by atoms with Gasteiger partial charge in [-0.15, -0.1) is 0 Å². The summed E-state index contributed by atoms with van der Waals surface area (Å²) in [6.45, 7) is 2.26. The summed E-state index contributed by atoms with van der Waals surface area (Å²) in [7, 11) is 0. The molecule has 0 radical (unpaired) electrons. The van der Waals surface area contributed by atoms with Crippen LogP contribution >= 0.6 is 0 Å². The van der Waals surface area contributed by atoms with E-state index >= 15 is 0 Å². The molecular formula is C26H43NO. The van der Waals surface area contributed by atoms with Crippen molar-refractivity contribution in [3.8, 4) is 0 Å². The van der Waals surface area contributed by atoms with Gasteiger partial charge in [0.15, 0.2) is 6.29 Å². The quantitative estimate of drug-likeness (QED) is 0.145. The van der Waals surface area contributed by atoms with E-state index in [0.29, 0.717) is 5.69 Å². The van der Waals surface area contributed by atoms with Crippen molar-refractivity contribution >= 4 is 6.29 Å². The maximum atomic E-state index is 10.6. The van der Waals surface area contributed by atoms with E-state index in [1.807, 2.05) is 12.1 Å². The van der Waals surface area contributed by atoms with Crippen LogP contribution in [0.25, 0.3) is 0 Å². The first-order valence-electron chi connectivity index (χ1n) is 11.8. The largest absolute Gasteiger partial charge is 0.356 e. The van der Waals surface area contributed by atoms with Crippen LogP contribution in [0.3, 0.4) is 0 Å². The highest BCUT2D eigenvalue weighted by molar-refractivity contribution is 5.71. The molecule has 0 spiro atoms. The summed E-state index contributed by atoms with van der Waals surface area (Å²) >= 11 is 0. The average Bonchev–Trinajstić information content (AvgIpc) is 3.18. The molecule has 1 rings (SSSR count). The maximum absolute atomic E-state index is 10.6. The summed E-state index contributed by atoms with van der Waals surface area (Å²) in [5, 5.41) is 0. The number of H-pyrrole nitrogens is 1. The molecular weight excluding hydrogens is 342 g/mol. The van der Waals surface area contributed by atoms with Crippen LogP contribution in [0.1, 0.15) is 119 Å². The van der Waals surface area contributed by atoms with Crippen molar-refractivity contribution in [2.24, 2.45) is 0 Å². The Labute approximate surface area is 173 Å². The van der Waals surface area contributed by atoms with E-state index in [1.54, 1.807) is 0 Å². The Balaban J connectivity index is 1.78. The molecule has 1 aromatic rings. The lowest BCUT2D eigenvalue weighted by molar-refractivity contribution is 0.111. The number of aromatic nitrogens is 1. The molecule has 0 aromatic carbocycles. The van der Waals surface area contributed by atoms with E-state index in [4.69, 9.17) is 0 Å². The zero-order valence-electron chi connectivity index (χ0n) is 18.3. The number of rotatable bonds is 19. The Bertz CT molecular complexity index is 526. The summed E-state index contributed by atoms with van der Waals surface area (Å²) < 4.78 is 0. The normalized spacial score (nSPS) is 11.8. The Morgan fingerprint density at radius 2 is 1.29 bits per heavy atom. The Kier molecular flexibility index (Phi) is 16.4. The van der Waals surface area contributed by atoms with E-state index in [2.05, 4.69) is 36.2 Å². The van der Waals surface area contributed by atoms with Gasteiger partial charge >= 0.3 is 0 Å². The van der Waals surface area contributed by atoms with Crippen LogP contribution in [0.5, 0.6) is 0 Å². The van der Waals surface area contributed by atoms with Crippen molar-refractivity contribution < 1.29 is 4.79 Å². The maximum Gasteiger partial charge on any atom is 0.166 e. The minimum absolute atomic E-state index is 0.695. The standard InChI is InChI=1S/C26H43NO/c1-2-3-4-5-6-7-8-9-10-11-12-13-14-15-16-17-18-19-20-21-25-22-23-26(24-28)27-25/h6-7,9-10,22-24,27H,2-5,8,11-21H2,1H3. The summed E-state index contributed by atoms with van der Waals surface area (Å²) in [4.78, 5) is 13.8. The van der Waals surface area contributed by atoms with Gasteiger partial charge in [-0.25, -0.2) is 0 Å². The van der Waals surface area contributed by atoms with Crippen LogP contribution in [-0.4, -0.2) is 11.3 Å². The number of unbranched alkanes of at least 4 members (excludes halogenated alkanes) is 12. The molecule has 2 heteroatoms. The molecule has 1 aromatic heterocycles. The van der Waals surface area contributed by atoms with E-state index in [9.17, 15) is 4.79 Å². The Morgan fingerprint density at radius 3 is 1.86 bits per heavy atom. The number of aromatic amines is 1. The second-order valence-electron chi connectivity index (χ2n) is 7.95. The Morgan fingerprint density at radius 1 is 0.714 bits per heavy atom. The molecule has 0 fully saturated rings. The van der Waals surface area contributed by atoms with Crippen LogP contribution in [-0.2, 0) is 6.42 Å². The molecule has 0 unspecified atom stereocenters. The van der Waals surface area contributed by atoms with Gasteiger partial charge in [0.2, 0.25) is 0 Å². The first kappa shape index (κ1) is 24.5. The van der Waals surface area contributed by atoms with Gasteiger partial charge in [0.1, 0.15) is 0 Å². The number of aryl methyl sites for hydroxylation is 1. The molecule has 0 aliphatic carbocycles. The number of carbonyl (C=O) groups excluding carboxylic acids is 1. The minimum atomic E-state index is 0.695. The first-order chi connectivity index (χ1) is 13.9. The highest BCUT2D eigenvalue weighted by Crippen LogP contribution is 2.12. The van der Waals surface area contributed by atoms with E-state index in [0.717, 1.165) is 19.1 Å². The number of nitrogens with one attached hydrogen (secondary N) is 1. The lowest BCUT2D eigenvalue weighted by Gasteiger charge is -2.02. The fraction of sp³-hybridized carbons (Fsp3) is 0.654. The van der Waals surface area contributed by atoms with Crippen molar-refractivity contribution in [2.45, 2.75) is 110 Å². The molecule has 0 saturated heterocycles. The van der Waals surface area contributed by atoms with Gasteiger partial charge in [-0.1, -0.05) is 89.0 Å². The molecule has 2 nitrogen and oxygen atoms in total. The van der Waals surface area contributed by atoms with Crippen molar-refractivity contribution in [3.63, 3.8) is 0 Å². The zero-order chi connectivity index (χ0) is 20.1. The van der Waals surface area contributed by atoms with Crippen LogP contribution in [0.2, 0.25) is 0 Å². The summed E-state index contributed by atoms with van der Waals surface area (Å²) in [6, 6.07) is 3.90. The lowest BCUT2D eigenvalue weighted by Crippen LogP contribution is -1.88. The third kappa shape index (κ3) is 14.5. The average molecular weight is 386 g/mol. The van der Waals surface area contributed by atoms with Crippen LogP contribution < -0.4 is 0 Å². The molecule has 0 aliphatic heterocycles. The van der Waals surface area contributed by atoms with Crippen LogP contribution in [0.15, 0.2) is 36.4 Å². The number of carbonyl (C=O) groups is 1. The number of hydrogen-bond acceptors (Lipinski definition) is 1. The molecule has 28 heavy (non-hydrogen) atoms. The number of hydrogen-bond donors (Lipinski definition) is 1. The van der Waals surface area contributed by atoms with Gasteiger partial charge in [-0.2, -0.15) is 0 Å². The van der Waals surface area contributed by atoms with Gasteiger partial charge in [0, 0.05) is 5.69 Å². The van der Waals surface area contributed by atoms with Gasteiger partial charge in [-0.05, 0) is 57.1 Å². The number of allylic oxidation sites excluding steroid dienone is 4. The molecule has 1 N–H and O–H groups in total. The smallest absolute Gasteiger partial charge is 0.166 e. The highest BCUT2D eigenvalue weighted by Gasteiger charge is 1.98. The highest BCUT2D eigenvalue weighted by atomic mass is 16.1. The van der Waals surface area contributed by atoms with Crippen LogP contribution in [0.4, 0.5) is 0 Å². The monoisotopic (exact) mass is 385 g/mol. The second kappa shape index (κ2) is 18.8. The molecule has 1 heterocycles. The predicted octanol–water partition coefficient (Wildman–Crippen LogP) is 8.35. The fourth-order valence-corrected chi connectivity index (χ4v) is 3.51. The predicted molar refractivity (Wildman–Crippen MR) is 123 cm³/mol. The zero-order valence-corrected chi connectivity index (χ0v) is 18.3. The summed E-state index contributed by atoms with van der Waals surface area (Å²) in [6.07, 6.45) is 31.0. The van der Waals surface area contributed by atoms with E-state index < -0.39 is 0 Å². The van der Waals surface area contributed by atoms with Crippen molar-refractivity contribution in [1.82, 2.24) is 4.98 Å². The molecule has 158 valence electrons. The topological polar surface area (TPSA) is 32.9 Å². The molecule has 0 saturated carbocycles. The minimum Gasteiger partial charge on any atom is -0.356 e. The lowest BCUT2D eigenvalue weighted by atomic mass is 10.1. The van der Waals surface area contributed by atoms with Crippen molar-refractivity contribution in [2.75, 3.05) is 0 Å². The molecule has 0 amide bonds. The third-order valence-electron chi connectivity index (χ3n) is 5.29. The number of aldehydes is 1. The van der Waals surface area contributed by atoms with Crippen molar-refractivity contribution in [3.05, 3.63) is 47.8 Å². The van der Waals surface area contributed by atoms with Gasteiger partial charge in [-0.3, -0.25) is 4.79 Å².